The molecule has 0 saturated carbocycles. The summed E-state index contributed by atoms with van der Waals surface area (Å²) in [4.78, 5) is 0. The van der Waals surface area contributed by atoms with Gasteiger partial charge in [0.05, 0.1) is 11.6 Å². The fourth-order valence-electron chi connectivity index (χ4n) is 2.68. The van der Waals surface area contributed by atoms with Gasteiger partial charge in [-0.05, 0) is 43.9 Å². The van der Waals surface area contributed by atoms with Gasteiger partial charge in [0.25, 0.3) is 0 Å². The maximum Gasteiger partial charge on any atom is 0.0845 e. The van der Waals surface area contributed by atoms with Crippen LogP contribution in [0.5, 0.6) is 0 Å². The standard InChI is InChI=1S/C18H31NO/c1-7-18(6,20-9-3)17(19-8-2)16-12-10-15(11-13-16)14(4)5/h10-14,17,19H,7-9H2,1-6H3. The summed E-state index contributed by atoms with van der Waals surface area (Å²) in [6.07, 6.45) is 0.991. The van der Waals surface area contributed by atoms with Crippen LogP contribution in [0.3, 0.4) is 0 Å². The van der Waals surface area contributed by atoms with E-state index < -0.39 is 0 Å². The number of benzene rings is 1. The van der Waals surface area contributed by atoms with E-state index in [1.165, 1.54) is 11.1 Å². The molecule has 2 heteroatoms. The fourth-order valence-corrected chi connectivity index (χ4v) is 2.68. The van der Waals surface area contributed by atoms with Crippen LogP contribution >= 0.6 is 0 Å². The van der Waals surface area contributed by atoms with Crippen molar-refractivity contribution in [1.29, 1.82) is 0 Å². The summed E-state index contributed by atoms with van der Waals surface area (Å²) in [7, 11) is 0. The molecule has 1 aromatic rings. The van der Waals surface area contributed by atoms with E-state index in [1.54, 1.807) is 0 Å². The van der Waals surface area contributed by atoms with Crippen molar-refractivity contribution in [2.24, 2.45) is 0 Å². The predicted octanol–water partition coefficient (Wildman–Crippen LogP) is 4.67. The minimum absolute atomic E-state index is 0.163. The molecule has 1 rings (SSSR count). The third kappa shape index (κ3) is 4.07. The Bertz CT molecular complexity index is 385. The van der Waals surface area contributed by atoms with Gasteiger partial charge in [0.2, 0.25) is 0 Å². The second-order valence-corrected chi connectivity index (χ2v) is 5.91. The summed E-state index contributed by atoms with van der Waals surface area (Å²) >= 11 is 0. The van der Waals surface area contributed by atoms with Crippen molar-refractivity contribution < 1.29 is 4.74 Å². The van der Waals surface area contributed by atoms with E-state index >= 15 is 0 Å². The Morgan fingerprint density at radius 3 is 2.00 bits per heavy atom. The maximum atomic E-state index is 6.06. The molecule has 1 aromatic carbocycles. The van der Waals surface area contributed by atoms with Crippen molar-refractivity contribution in [2.45, 2.75) is 65.5 Å². The van der Waals surface area contributed by atoms with Gasteiger partial charge in [-0.2, -0.15) is 0 Å². The van der Waals surface area contributed by atoms with Gasteiger partial charge >= 0.3 is 0 Å². The molecule has 0 spiro atoms. The molecule has 0 amide bonds. The molecule has 0 fully saturated rings. The van der Waals surface area contributed by atoms with Crippen LogP contribution in [-0.4, -0.2) is 18.8 Å². The Morgan fingerprint density at radius 2 is 1.60 bits per heavy atom. The quantitative estimate of drug-likeness (QED) is 0.746. The number of ether oxygens (including phenoxy) is 1. The number of likely N-dealkylation sites (N-methyl/N-ethyl adjacent to an activating group) is 1. The largest absolute Gasteiger partial charge is 0.374 e. The molecule has 0 aliphatic heterocycles. The van der Waals surface area contributed by atoms with Crippen molar-refractivity contribution in [2.75, 3.05) is 13.2 Å². The minimum Gasteiger partial charge on any atom is -0.374 e. The molecule has 0 aromatic heterocycles. The van der Waals surface area contributed by atoms with E-state index in [9.17, 15) is 0 Å². The first kappa shape index (κ1) is 17.2. The highest BCUT2D eigenvalue weighted by Crippen LogP contribution is 2.32. The van der Waals surface area contributed by atoms with Crippen LogP contribution in [0.15, 0.2) is 24.3 Å². The smallest absolute Gasteiger partial charge is 0.0845 e. The number of hydrogen-bond acceptors (Lipinski definition) is 2. The van der Waals surface area contributed by atoms with Gasteiger partial charge in [0.15, 0.2) is 0 Å². The molecular formula is C18H31NO. The first-order valence-corrected chi connectivity index (χ1v) is 7.95. The van der Waals surface area contributed by atoms with Crippen molar-refractivity contribution >= 4 is 0 Å². The average molecular weight is 277 g/mol. The van der Waals surface area contributed by atoms with Crippen LogP contribution in [0.4, 0.5) is 0 Å². The number of hydrogen-bond donors (Lipinski definition) is 1. The van der Waals surface area contributed by atoms with Gasteiger partial charge in [-0.1, -0.05) is 52.0 Å². The lowest BCUT2D eigenvalue weighted by Crippen LogP contribution is -2.43. The first-order valence-electron chi connectivity index (χ1n) is 7.95. The molecular weight excluding hydrogens is 246 g/mol. The zero-order valence-corrected chi connectivity index (χ0v) is 14.0. The molecule has 0 aliphatic rings. The Balaban J connectivity index is 3.05. The van der Waals surface area contributed by atoms with Crippen LogP contribution in [0.1, 0.15) is 71.0 Å². The summed E-state index contributed by atoms with van der Waals surface area (Å²) in [5, 5.41) is 3.60. The highest BCUT2D eigenvalue weighted by Gasteiger charge is 2.33. The fraction of sp³-hybridized carbons (Fsp3) is 0.667. The highest BCUT2D eigenvalue weighted by atomic mass is 16.5. The third-order valence-corrected chi connectivity index (χ3v) is 4.13. The van der Waals surface area contributed by atoms with Gasteiger partial charge in [-0.15, -0.1) is 0 Å². The van der Waals surface area contributed by atoms with Crippen molar-refractivity contribution in [1.82, 2.24) is 5.32 Å². The maximum absolute atomic E-state index is 6.06. The van der Waals surface area contributed by atoms with E-state index in [0.717, 1.165) is 19.6 Å². The van der Waals surface area contributed by atoms with Crippen LogP contribution in [0.2, 0.25) is 0 Å². The average Bonchev–Trinajstić information content (AvgIpc) is 2.45. The Hall–Kier alpha value is -0.860. The van der Waals surface area contributed by atoms with Crippen LogP contribution in [0.25, 0.3) is 0 Å². The summed E-state index contributed by atoms with van der Waals surface area (Å²) in [5.41, 5.74) is 2.54. The molecule has 0 radical (unpaired) electrons. The molecule has 2 unspecified atom stereocenters. The normalized spacial score (nSPS) is 16.1. The van der Waals surface area contributed by atoms with E-state index in [4.69, 9.17) is 4.74 Å². The molecule has 20 heavy (non-hydrogen) atoms. The summed E-state index contributed by atoms with van der Waals surface area (Å²) in [6, 6.07) is 9.21. The molecule has 114 valence electrons. The summed E-state index contributed by atoms with van der Waals surface area (Å²) < 4.78 is 6.06. The highest BCUT2D eigenvalue weighted by molar-refractivity contribution is 5.28. The summed E-state index contributed by atoms with van der Waals surface area (Å²) in [5.74, 6) is 0.575. The second-order valence-electron chi connectivity index (χ2n) is 5.91. The predicted molar refractivity (Wildman–Crippen MR) is 87.3 cm³/mol. The first-order chi connectivity index (χ1) is 9.48. The Labute approximate surface area is 124 Å². The SMILES string of the molecule is CCNC(c1ccc(C(C)C)cc1)C(C)(CC)OCC. The number of rotatable bonds is 8. The second kappa shape index (κ2) is 7.80. The van der Waals surface area contributed by atoms with Gasteiger partial charge < -0.3 is 10.1 Å². The van der Waals surface area contributed by atoms with Gasteiger partial charge in [0.1, 0.15) is 0 Å². The van der Waals surface area contributed by atoms with Crippen molar-refractivity contribution in [3.8, 4) is 0 Å². The van der Waals surface area contributed by atoms with Crippen LogP contribution in [0, 0.1) is 0 Å². The van der Waals surface area contributed by atoms with E-state index in [0.29, 0.717) is 5.92 Å². The lowest BCUT2D eigenvalue weighted by atomic mass is 9.86. The zero-order chi connectivity index (χ0) is 15.2. The lowest BCUT2D eigenvalue weighted by molar-refractivity contribution is -0.0560. The van der Waals surface area contributed by atoms with Crippen LogP contribution in [-0.2, 0) is 4.74 Å². The molecule has 0 aliphatic carbocycles. The van der Waals surface area contributed by atoms with Crippen LogP contribution < -0.4 is 5.32 Å². The zero-order valence-electron chi connectivity index (χ0n) is 14.0. The molecule has 0 heterocycles. The third-order valence-electron chi connectivity index (χ3n) is 4.13. The van der Waals surface area contributed by atoms with E-state index in [2.05, 4.69) is 71.1 Å². The Morgan fingerprint density at radius 1 is 1.05 bits per heavy atom. The van der Waals surface area contributed by atoms with Gasteiger partial charge in [-0.25, -0.2) is 0 Å². The van der Waals surface area contributed by atoms with Gasteiger partial charge in [0, 0.05) is 6.61 Å². The number of nitrogens with one attached hydrogen (secondary N) is 1. The monoisotopic (exact) mass is 277 g/mol. The van der Waals surface area contributed by atoms with Crippen molar-refractivity contribution in [3.63, 3.8) is 0 Å². The minimum atomic E-state index is -0.163. The van der Waals surface area contributed by atoms with Crippen molar-refractivity contribution in [3.05, 3.63) is 35.4 Å². The Kier molecular flexibility index (Phi) is 6.70. The molecule has 1 N–H and O–H groups in total. The van der Waals surface area contributed by atoms with Gasteiger partial charge in [-0.3, -0.25) is 0 Å². The molecule has 2 atom stereocenters. The molecule has 2 nitrogen and oxygen atoms in total. The van der Waals surface area contributed by atoms with E-state index in [1.807, 2.05) is 0 Å². The molecule has 0 bridgehead atoms. The van der Waals surface area contributed by atoms with E-state index in [-0.39, 0.29) is 11.6 Å². The topological polar surface area (TPSA) is 21.3 Å². The lowest BCUT2D eigenvalue weighted by Gasteiger charge is -2.37. The summed E-state index contributed by atoms with van der Waals surface area (Å²) in [6.45, 7) is 14.8. The molecule has 0 saturated heterocycles.